The molecular formula is C21H21NO4. The zero-order valence-corrected chi connectivity index (χ0v) is 14.4. The van der Waals surface area contributed by atoms with Crippen molar-refractivity contribution >= 4 is 11.9 Å². The van der Waals surface area contributed by atoms with E-state index in [4.69, 9.17) is 4.74 Å². The number of nitrogens with zero attached hydrogens (tertiary/aromatic N) is 1. The average Bonchev–Trinajstić information content (AvgIpc) is 3.21. The van der Waals surface area contributed by atoms with Crippen LogP contribution in [0.2, 0.25) is 0 Å². The van der Waals surface area contributed by atoms with E-state index in [0.29, 0.717) is 36.6 Å². The standard InChI is InChI=1S/C21H21NO4/c23-20(16-6-3-5-15(12-16)17-9-11-26-13-17)22-10-8-14-4-1-2-7-18(14)19(22)21(24)25/h1-7,12,17,19H,8-11,13H2,(H,24,25). The second-order valence-corrected chi connectivity index (χ2v) is 6.87. The molecule has 5 heteroatoms. The maximum Gasteiger partial charge on any atom is 0.331 e. The van der Waals surface area contributed by atoms with Crippen molar-refractivity contribution < 1.29 is 19.4 Å². The third kappa shape index (κ3) is 2.99. The van der Waals surface area contributed by atoms with Crippen molar-refractivity contribution in [3.05, 3.63) is 70.8 Å². The molecule has 2 atom stereocenters. The van der Waals surface area contributed by atoms with E-state index in [1.165, 1.54) is 4.90 Å². The first-order valence-electron chi connectivity index (χ1n) is 8.94. The highest BCUT2D eigenvalue weighted by Crippen LogP contribution is 2.32. The molecule has 1 amide bonds. The van der Waals surface area contributed by atoms with Gasteiger partial charge < -0.3 is 14.7 Å². The van der Waals surface area contributed by atoms with Crippen LogP contribution in [-0.4, -0.2) is 41.6 Å². The van der Waals surface area contributed by atoms with Crippen molar-refractivity contribution in [2.24, 2.45) is 0 Å². The largest absolute Gasteiger partial charge is 0.479 e. The Balaban J connectivity index is 1.65. The highest BCUT2D eigenvalue weighted by atomic mass is 16.5. The highest BCUT2D eigenvalue weighted by Gasteiger charge is 2.36. The van der Waals surface area contributed by atoms with Crippen molar-refractivity contribution in [1.29, 1.82) is 0 Å². The van der Waals surface area contributed by atoms with Crippen LogP contribution in [0.25, 0.3) is 0 Å². The minimum Gasteiger partial charge on any atom is -0.479 e. The lowest BCUT2D eigenvalue weighted by Crippen LogP contribution is -2.43. The fourth-order valence-corrected chi connectivity index (χ4v) is 3.94. The number of hydrogen-bond donors (Lipinski definition) is 1. The molecule has 1 saturated heterocycles. The molecule has 0 bridgehead atoms. The summed E-state index contributed by atoms with van der Waals surface area (Å²) in [6.45, 7) is 1.82. The quantitative estimate of drug-likeness (QED) is 0.923. The molecule has 2 unspecified atom stereocenters. The zero-order chi connectivity index (χ0) is 18.1. The predicted octanol–water partition coefficient (Wildman–Crippen LogP) is 3.01. The molecule has 1 fully saturated rings. The van der Waals surface area contributed by atoms with Gasteiger partial charge in [0, 0.05) is 24.6 Å². The second kappa shape index (κ2) is 6.92. The number of carboxylic acid groups (broad SMARTS) is 1. The summed E-state index contributed by atoms with van der Waals surface area (Å²) in [6, 6.07) is 14.1. The van der Waals surface area contributed by atoms with E-state index in [-0.39, 0.29) is 5.91 Å². The van der Waals surface area contributed by atoms with Crippen LogP contribution in [0, 0.1) is 0 Å². The maximum atomic E-state index is 13.1. The molecule has 0 radical (unpaired) electrons. The predicted molar refractivity (Wildman–Crippen MR) is 96.2 cm³/mol. The monoisotopic (exact) mass is 351 g/mol. The molecule has 0 saturated carbocycles. The van der Waals surface area contributed by atoms with Crippen molar-refractivity contribution in [2.75, 3.05) is 19.8 Å². The number of carbonyl (C=O) groups excluding carboxylic acids is 1. The van der Waals surface area contributed by atoms with Crippen LogP contribution in [0.15, 0.2) is 48.5 Å². The first-order chi connectivity index (χ1) is 12.6. The van der Waals surface area contributed by atoms with E-state index in [9.17, 15) is 14.7 Å². The molecule has 134 valence electrons. The van der Waals surface area contributed by atoms with Gasteiger partial charge in [-0.2, -0.15) is 0 Å². The van der Waals surface area contributed by atoms with Crippen molar-refractivity contribution in [3.8, 4) is 0 Å². The lowest BCUT2D eigenvalue weighted by Gasteiger charge is -2.35. The summed E-state index contributed by atoms with van der Waals surface area (Å²) in [5, 5.41) is 9.77. The van der Waals surface area contributed by atoms with Gasteiger partial charge in [0.1, 0.15) is 0 Å². The maximum absolute atomic E-state index is 13.1. The molecule has 0 aliphatic carbocycles. The molecule has 26 heavy (non-hydrogen) atoms. The van der Waals surface area contributed by atoms with Crippen molar-refractivity contribution in [3.63, 3.8) is 0 Å². The lowest BCUT2D eigenvalue weighted by atomic mass is 9.91. The molecule has 2 aromatic rings. The normalized spacial score (nSPS) is 22.1. The van der Waals surface area contributed by atoms with Gasteiger partial charge in [0.05, 0.1) is 6.61 Å². The summed E-state index contributed by atoms with van der Waals surface area (Å²) in [5.41, 5.74) is 3.33. The Labute approximate surface area is 152 Å². The highest BCUT2D eigenvalue weighted by molar-refractivity contribution is 5.97. The lowest BCUT2D eigenvalue weighted by molar-refractivity contribution is -0.143. The number of rotatable bonds is 3. The van der Waals surface area contributed by atoms with Gasteiger partial charge >= 0.3 is 5.97 Å². The molecule has 2 heterocycles. The van der Waals surface area contributed by atoms with Crippen LogP contribution >= 0.6 is 0 Å². The van der Waals surface area contributed by atoms with E-state index in [1.807, 2.05) is 36.4 Å². The second-order valence-electron chi connectivity index (χ2n) is 6.87. The number of aliphatic carboxylic acids is 1. The Morgan fingerprint density at radius 2 is 1.96 bits per heavy atom. The third-order valence-electron chi connectivity index (χ3n) is 5.31. The van der Waals surface area contributed by atoms with Crippen LogP contribution in [-0.2, 0) is 16.0 Å². The summed E-state index contributed by atoms with van der Waals surface area (Å²) >= 11 is 0. The molecule has 2 aromatic carbocycles. The Morgan fingerprint density at radius 3 is 2.73 bits per heavy atom. The van der Waals surface area contributed by atoms with Gasteiger partial charge in [0.2, 0.25) is 0 Å². The van der Waals surface area contributed by atoms with Gasteiger partial charge in [-0.05, 0) is 41.7 Å². The van der Waals surface area contributed by atoms with Crippen LogP contribution in [0.1, 0.15) is 45.4 Å². The van der Waals surface area contributed by atoms with Gasteiger partial charge in [-0.1, -0.05) is 36.4 Å². The van der Waals surface area contributed by atoms with E-state index in [0.717, 1.165) is 24.2 Å². The molecular weight excluding hydrogens is 330 g/mol. The summed E-state index contributed by atoms with van der Waals surface area (Å²) in [6.07, 6.45) is 1.62. The first kappa shape index (κ1) is 16.8. The zero-order valence-electron chi connectivity index (χ0n) is 14.4. The Kier molecular flexibility index (Phi) is 4.47. The molecule has 0 aromatic heterocycles. The fraction of sp³-hybridized carbons (Fsp3) is 0.333. The van der Waals surface area contributed by atoms with Gasteiger partial charge in [-0.3, -0.25) is 4.79 Å². The van der Waals surface area contributed by atoms with Crippen LogP contribution in [0.3, 0.4) is 0 Å². The van der Waals surface area contributed by atoms with Gasteiger partial charge in [-0.15, -0.1) is 0 Å². The topological polar surface area (TPSA) is 66.8 Å². The van der Waals surface area contributed by atoms with Crippen LogP contribution in [0.5, 0.6) is 0 Å². The third-order valence-corrected chi connectivity index (χ3v) is 5.31. The number of carboxylic acids is 1. The molecule has 2 aliphatic rings. The Hall–Kier alpha value is -2.66. The number of hydrogen-bond acceptors (Lipinski definition) is 3. The summed E-state index contributed by atoms with van der Waals surface area (Å²) in [4.78, 5) is 26.5. The van der Waals surface area contributed by atoms with Crippen molar-refractivity contribution in [1.82, 2.24) is 4.90 Å². The van der Waals surface area contributed by atoms with E-state index >= 15 is 0 Å². The SMILES string of the molecule is O=C(O)C1c2ccccc2CCN1C(=O)c1cccc(C2CCOC2)c1. The molecule has 1 N–H and O–H groups in total. The van der Waals surface area contributed by atoms with Crippen LogP contribution in [0.4, 0.5) is 0 Å². The van der Waals surface area contributed by atoms with Gasteiger partial charge in [0.25, 0.3) is 5.91 Å². The number of ether oxygens (including phenoxy) is 1. The Morgan fingerprint density at radius 1 is 1.12 bits per heavy atom. The minimum atomic E-state index is -0.995. The van der Waals surface area contributed by atoms with Crippen molar-refractivity contribution in [2.45, 2.75) is 24.8 Å². The van der Waals surface area contributed by atoms with E-state index < -0.39 is 12.0 Å². The van der Waals surface area contributed by atoms with Crippen LogP contribution < -0.4 is 0 Å². The Bertz CT molecular complexity index is 841. The molecule has 0 spiro atoms. The van der Waals surface area contributed by atoms with Gasteiger partial charge in [0.15, 0.2) is 6.04 Å². The number of amides is 1. The summed E-state index contributed by atoms with van der Waals surface area (Å²) < 4.78 is 5.44. The van der Waals surface area contributed by atoms with E-state index in [2.05, 4.69) is 0 Å². The smallest absolute Gasteiger partial charge is 0.331 e. The van der Waals surface area contributed by atoms with E-state index in [1.54, 1.807) is 12.1 Å². The summed E-state index contributed by atoms with van der Waals surface area (Å²) in [5.74, 6) is -0.918. The average molecular weight is 351 g/mol. The number of carbonyl (C=O) groups is 2. The van der Waals surface area contributed by atoms with Gasteiger partial charge in [-0.25, -0.2) is 4.79 Å². The first-order valence-corrected chi connectivity index (χ1v) is 8.94. The number of benzene rings is 2. The minimum absolute atomic E-state index is 0.229. The number of fused-ring (bicyclic) bond motifs is 1. The fourth-order valence-electron chi connectivity index (χ4n) is 3.94. The molecule has 5 nitrogen and oxygen atoms in total. The summed E-state index contributed by atoms with van der Waals surface area (Å²) in [7, 11) is 0. The molecule has 2 aliphatic heterocycles. The molecule has 4 rings (SSSR count).